The summed E-state index contributed by atoms with van der Waals surface area (Å²) in [7, 11) is 0. The van der Waals surface area contributed by atoms with Crippen LogP contribution in [0.4, 0.5) is 0 Å². The van der Waals surface area contributed by atoms with Gasteiger partial charge in [-0.25, -0.2) is 4.98 Å². The second-order valence-electron chi connectivity index (χ2n) is 11.4. The molecule has 4 unspecified atom stereocenters. The van der Waals surface area contributed by atoms with Gasteiger partial charge in [-0.15, -0.1) is 0 Å². The van der Waals surface area contributed by atoms with Gasteiger partial charge in [-0.3, -0.25) is 4.57 Å². The van der Waals surface area contributed by atoms with Gasteiger partial charge in [0, 0.05) is 34.2 Å². The molecule has 2 aliphatic heterocycles. The standard InChI is InChI=1S/C37H28N2O2/c1-2-10-24(11-3-1)37-38-30-14-6-7-15-31(30)39(37)25-20-18-23(19-21-25)34-35-28(26-12-4-8-16-32(26)40-35)22-29-27-13-5-9-17-33(27)41-36(29)34/h1-21,28-29,34-36H,22H2/t28-,29?,34?,35?,36?/m1/s1. The molecule has 0 saturated heterocycles. The van der Waals surface area contributed by atoms with Crippen molar-refractivity contribution in [2.24, 2.45) is 0 Å². The van der Waals surface area contributed by atoms with E-state index >= 15 is 0 Å². The molecule has 3 aliphatic rings. The smallest absolute Gasteiger partial charge is 0.145 e. The van der Waals surface area contributed by atoms with Crippen molar-refractivity contribution in [2.75, 3.05) is 0 Å². The average Bonchev–Trinajstić information content (AvgIpc) is 3.72. The van der Waals surface area contributed by atoms with Crippen LogP contribution < -0.4 is 9.47 Å². The Balaban J connectivity index is 1.16. The topological polar surface area (TPSA) is 36.3 Å². The lowest BCUT2D eigenvalue weighted by atomic mass is 9.66. The largest absolute Gasteiger partial charge is 0.489 e. The third-order valence-electron chi connectivity index (χ3n) is 9.30. The molecule has 0 N–H and O–H groups in total. The zero-order valence-corrected chi connectivity index (χ0v) is 22.4. The molecule has 1 aliphatic carbocycles. The SMILES string of the molecule is c1ccc(-c2nc3ccccc3n2-c2ccc(C3C4Oc5ccccc5C4C[C@@H]4c5ccccc5OC34)cc2)cc1. The summed E-state index contributed by atoms with van der Waals surface area (Å²) in [5, 5.41) is 0. The van der Waals surface area contributed by atoms with Crippen LogP contribution in [0.1, 0.15) is 40.9 Å². The van der Waals surface area contributed by atoms with E-state index in [0.29, 0.717) is 11.8 Å². The second-order valence-corrected chi connectivity index (χ2v) is 11.4. The highest BCUT2D eigenvalue weighted by Crippen LogP contribution is 2.58. The van der Waals surface area contributed by atoms with Crippen LogP contribution in [0.3, 0.4) is 0 Å². The Kier molecular flexibility index (Phi) is 4.94. The monoisotopic (exact) mass is 532 g/mol. The highest BCUT2D eigenvalue weighted by Gasteiger charge is 2.54. The number of fused-ring (bicyclic) bond motifs is 7. The number of rotatable bonds is 3. The molecule has 0 spiro atoms. The molecule has 4 nitrogen and oxygen atoms in total. The lowest BCUT2D eigenvalue weighted by molar-refractivity contribution is 0.0445. The van der Waals surface area contributed by atoms with Crippen LogP contribution >= 0.6 is 0 Å². The average molecular weight is 533 g/mol. The number of hydrogen-bond donors (Lipinski definition) is 0. The van der Waals surface area contributed by atoms with Gasteiger partial charge in [-0.05, 0) is 48.4 Å². The van der Waals surface area contributed by atoms with Crippen molar-refractivity contribution < 1.29 is 9.47 Å². The number of nitrogens with zero attached hydrogens (tertiary/aromatic N) is 2. The van der Waals surface area contributed by atoms with E-state index in [-0.39, 0.29) is 18.1 Å². The zero-order chi connectivity index (χ0) is 26.9. The van der Waals surface area contributed by atoms with Gasteiger partial charge in [0.25, 0.3) is 0 Å². The van der Waals surface area contributed by atoms with Crippen molar-refractivity contribution in [3.8, 4) is 28.6 Å². The lowest BCUT2D eigenvalue weighted by Gasteiger charge is -2.40. The van der Waals surface area contributed by atoms with Gasteiger partial charge in [0.05, 0.1) is 17.0 Å². The van der Waals surface area contributed by atoms with Gasteiger partial charge in [0.15, 0.2) is 0 Å². The number of benzene rings is 5. The fraction of sp³-hybridized carbons (Fsp3) is 0.162. The Morgan fingerprint density at radius 2 is 1.17 bits per heavy atom. The van der Waals surface area contributed by atoms with Crippen LogP contribution in [0.2, 0.25) is 0 Å². The van der Waals surface area contributed by atoms with Crippen LogP contribution in [-0.4, -0.2) is 21.8 Å². The summed E-state index contributed by atoms with van der Waals surface area (Å²) >= 11 is 0. The summed E-state index contributed by atoms with van der Waals surface area (Å²) in [6.45, 7) is 0. The molecule has 4 heteroatoms. The fourth-order valence-electron chi connectivity index (χ4n) is 7.52. The molecule has 41 heavy (non-hydrogen) atoms. The van der Waals surface area contributed by atoms with Crippen LogP contribution in [0, 0.1) is 0 Å². The lowest BCUT2D eigenvalue weighted by Crippen LogP contribution is -2.44. The summed E-state index contributed by atoms with van der Waals surface area (Å²) in [4.78, 5) is 5.03. The minimum Gasteiger partial charge on any atom is -0.489 e. The molecule has 9 rings (SSSR count). The van der Waals surface area contributed by atoms with Gasteiger partial charge in [-0.2, -0.15) is 0 Å². The highest BCUT2D eigenvalue weighted by atomic mass is 16.5. The van der Waals surface area contributed by atoms with E-state index in [2.05, 4.69) is 120 Å². The van der Waals surface area contributed by atoms with Crippen molar-refractivity contribution in [1.82, 2.24) is 9.55 Å². The minimum atomic E-state index is 0.0442. The molecule has 1 fully saturated rings. The Hall–Kier alpha value is -4.83. The van der Waals surface area contributed by atoms with Crippen LogP contribution in [0.15, 0.2) is 127 Å². The van der Waals surface area contributed by atoms with Crippen molar-refractivity contribution in [1.29, 1.82) is 0 Å². The molecule has 1 aromatic heterocycles. The first-order valence-electron chi connectivity index (χ1n) is 14.5. The number of ether oxygens (including phenoxy) is 2. The van der Waals surface area contributed by atoms with Gasteiger partial charge in [0.2, 0.25) is 0 Å². The first-order chi connectivity index (χ1) is 20.3. The molecule has 3 heterocycles. The van der Waals surface area contributed by atoms with Crippen molar-refractivity contribution in [2.45, 2.75) is 36.4 Å². The maximum Gasteiger partial charge on any atom is 0.145 e. The third kappa shape index (κ3) is 3.43. The van der Waals surface area contributed by atoms with Crippen molar-refractivity contribution >= 4 is 11.0 Å². The minimum absolute atomic E-state index is 0.0442. The summed E-state index contributed by atoms with van der Waals surface area (Å²) < 4.78 is 15.7. The van der Waals surface area contributed by atoms with Crippen molar-refractivity contribution in [3.63, 3.8) is 0 Å². The van der Waals surface area contributed by atoms with Crippen LogP contribution in [0.5, 0.6) is 11.5 Å². The molecule has 6 aromatic rings. The van der Waals surface area contributed by atoms with Crippen LogP contribution in [0.25, 0.3) is 28.1 Å². The highest BCUT2D eigenvalue weighted by molar-refractivity contribution is 5.83. The van der Waals surface area contributed by atoms with Gasteiger partial charge in [-0.1, -0.05) is 91.0 Å². The van der Waals surface area contributed by atoms with Crippen molar-refractivity contribution in [3.05, 3.63) is 144 Å². The predicted molar refractivity (Wildman–Crippen MR) is 161 cm³/mol. The van der Waals surface area contributed by atoms with E-state index in [9.17, 15) is 0 Å². The Morgan fingerprint density at radius 3 is 1.85 bits per heavy atom. The number of imidazole rings is 1. The van der Waals surface area contributed by atoms with Gasteiger partial charge < -0.3 is 9.47 Å². The molecule has 0 amide bonds. The second kappa shape index (κ2) is 8.84. The quantitative estimate of drug-likeness (QED) is 0.230. The van der Waals surface area contributed by atoms with E-state index in [1.165, 1.54) is 16.7 Å². The molecule has 5 atom stereocenters. The van der Waals surface area contributed by atoms with Gasteiger partial charge >= 0.3 is 0 Å². The van der Waals surface area contributed by atoms with Crippen LogP contribution in [-0.2, 0) is 0 Å². The van der Waals surface area contributed by atoms with E-state index in [4.69, 9.17) is 14.5 Å². The molecular formula is C37H28N2O2. The Bertz CT molecular complexity index is 1850. The first-order valence-corrected chi connectivity index (χ1v) is 14.5. The zero-order valence-electron chi connectivity index (χ0n) is 22.4. The number of hydrogen-bond acceptors (Lipinski definition) is 3. The summed E-state index contributed by atoms with van der Waals surface area (Å²) in [5.41, 5.74) is 8.20. The summed E-state index contributed by atoms with van der Waals surface area (Å²) in [5.74, 6) is 3.79. The molecule has 0 radical (unpaired) electrons. The Labute approximate surface area is 238 Å². The first kappa shape index (κ1) is 22.9. The van der Waals surface area contributed by atoms with E-state index in [1.807, 2.05) is 12.1 Å². The number of para-hydroxylation sites is 4. The number of aromatic nitrogens is 2. The maximum atomic E-state index is 6.73. The summed E-state index contributed by atoms with van der Waals surface area (Å²) in [6, 6.07) is 45.0. The van der Waals surface area contributed by atoms with Gasteiger partial charge in [0.1, 0.15) is 29.5 Å². The fourth-order valence-corrected chi connectivity index (χ4v) is 7.52. The summed E-state index contributed by atoms with van der Waals surface area (Å²) in [6.07, 6.45) is 1.13. The Morgan fingerprint density at radius 1 is 0.585 bits per heavy atom. The molecular weight excluding hydrogens is 504 g/mol. The molecule has 5 aromatic carbocycles. The van der Waals surface area contributed by atoms with E-state index in [0.717, 1.165) is 46.0 Å². The van der Waals surface area contributed by atoms with E-state index < -0.39 is 0 Å². The molecule has 1 saturated carbocycles. The molecule has 0 bridgehead atoms. The van der Waals surface area contributed by atoms with E-state index in [1.54, 1.807) is 0 Å². The normalized spacial score (nSPS) is 23.7. The molecule has 198 valence electrons. The predicted octanol–water partition coefficient (Wildman–Crippen LogP) is 8.27. The maximum absolute atomic E-state index is 6.73. The third-order valence-corrected chi connectivity index (χ3v) is 9.30.